The van der Waals surface area contributed by atoms with E-state index in [1.165, 1.54) is 7.11 Å². The van der Waals surface area contributed by atoms with Crippen LogP contribution >= 0.6 is 0 Å². The number of para-hydroxylation sites is 1. The molecule has 6 nitrogen and oxygen atoms in total. The number of ether oxygens (including phenoxy) is 2. The van der Waals surface area contributed by atoms with Gasteiger partial charge in [-0.1, -0.05) is 24.3 Å². The van der Waals surface area contributed by atoms with Gasteiger partial charge >= 0.3 is 11.9 Å². The molecule has 0 radical (unpaired) electrons. The van der Waals surface area contributed by atoms with Gasteiger partial charge in [0.1, 0.15) is 6.61 Å². The predicted molar refractivity (Wildman–Crippen MR) is 94.0 cm³/mol. The zero-order valence-corrected chi connectivity index (χ0v) is 14.2. The van der Waals surface area contributed by atoms with Crippen LogP contribution in [0.3, 0.4) is 0 Å². The fraction of sp³-hybridized carbons (Fsp3) is 0.368. The minimum Gasteiger partial charge on any atom is -0.469 e. The van der Waals surface area contributed by atoms with Gasteiger partial charge in [-0.3, -0.25) is 9.59 Å². The summed E-state index contributed by atoms with van der Waals surface area (Å²) in [5.74, 6) is -0.769. The lowest BCUT2D eigenvalue weighted by molar-refractivity contribution is -0.145. The second-order valence-corrected chi connectivity index (χ2v) is 6.14. The average Bonchev–Trinajstić information content (AvgIpc) is 2.88. The highest BCUT2D eigenvalue weighted by atomic mass is 16.5. The first-order valence-electron chi connectivity index (χ1n) is 8.34. The lowest BCUT2D eigenvalue weighted by atomic mass is 10.0. The van der Waals surface area contributed by atoms with E-state index in [-0.39, 0.29) is 30.9 Å². The minimum atomic E-state index is -0.280. The molecule has 3 rings (SSSR count). The molecule has 2 heterocycles. The molecule has 0 bridgehead atoms. The van der Waals surface area contributed by atoms with Crippen molar-refractivity contribution in [1.82, 2.24) is 10.3 Å². The molecule has 1 unspecified atom stereocenters. The van der Waals surface area contributed by atoms with Crippen LogP contribution in [0.2, 0.25) is 0 Å². The molecule has 0 amide bonds. The van der Waals surface area contributed by atoms with E-state index in [0.29, 0.717) is 19.5 Å². The number of hydrogen-bond acceptors (Lipinski definition) is 5. The standard InChI is InChI=1S/C19H22N2O4/c1-24-19(23)15-8-13(6-7-20-10-15)12-25-18(22)9-14-11-21-17-5-3-2-4-16(14)17/h2-6,11,15,20-21H,7-10,12H2,1H3. The van der Waals surface area contributed by atoms with E-state index < -0.39 is 0 Å². The quantitative estimate of drug-likeness (QED) is 0.641. The Morgan fingerprint density at radius 2 is 2.12 bits per heavy atom. The topological polar surface area (TPSA) is 80.4 Å². The molecule has 0 aliphatic carbocycles. The first-order chi connectivity index (χ1) is 12.2. The van der Waals surface area contributed by atoms with E-state index in [1.807, 2.05) is 36.5 Å². The van der Waals surface area contributed by atoms with Crippen molar-refractivity contribution in [3.05, 3.63) is 47.7 Å². The molecule has 1 aliphatic rings. The number of carbonyl (C=O) groups is 2. The van der Waals surface area contributed by atoms with E-state index in [2.05, 4.69) is 10.3 Å². The van der Waals surface area contributed by atoms with Crippen molar-refractivity contribution in [2.45, 2.75) is 12.8 Å². The second-order valence-electron chi connectivity index (χ2n) is 6.14. The lowest BCUT2D eigenvalue weighted by Crippen LogP contribution is -2.28. The maximum atomic E-state index is 12.2. The van der Waals surface area contributed by atoms with Crippen molar-refractivity contribution in [2.75, 3.05) is 26.8 Å². The zero-order chi connectivity index (χ0) is 17.6. The van der Waals surface area contributed by atoms with E-state index in [9.17, 15) is 9.59 Å². The molecule has 2 N–H and O–H groups in total. The normalized spacial score (nSPS) is 17.6. The number of methoxy groups -OCH3 is 1. The first kappa shape index (κ1) is 17.2. The summed E-state index contributed by atoms with van der Waals surface area (Å²) >= 11 is 0. The van der Waals surface area contributed by atoms with Crippen LogP contribution < -0.4 is 5.32 Å². The third kappa shape index (κ3) is 4.28. The molecule has 0 fully saturated rings. The highest BCUT2D eigenvalue weighted by Crippen LogP contribution is 2.19. The Kier molecular flexibility index (Phi) is 5.50. The van der Waals surface area contributed by atoms with Crippen LogP contribution in [0, 0.1) is 5.92 Å². The molecule has 1 aromatic heterocycles. The number of fused-ring (bicyclic) bond motifs is 1. The molecule has 25 heavy (non-hydrogen) atoms. The molecule has 0 saturated carbocycles. The Balaban J connectivity index is 1.56. The molecule has 1 aromatic carbocycles. The van der Waals surface area contributed by atoms with Gasteiger partial charge in [0.05, 0.1) is 19.4 Å². The number of aromatic nitrogens is 1. The van der Waals surface area contributed by atoms with E-state index in [0.717, 1.165) is 22.0 Å². The van der Waals surface area contributed by atoms with Gasteiger partial charge in [0.25, 0.3) is 0 Å². The lowest BCUT2D eigenvalue weighted by Gasteiger charge is -2.14. The summed E-state index contributed by atoms with van der Waals surface area (Å²) in [5, 5.41) is 4.20. The number of nitrogens with one attached hydrogen (secondary N) is 2. The number of benzene rings is 1. The number of aromatic amines is 1. The maximum absolute atomic E-state index is 12.2. The Labute approximate surface area is 146 Å². The Hall–Kier alpha value is -2.60. The maximum Gasteiger partial charge on any atom is 0.310 e. The second kappa shape index (κ2) is 7.98. The van der Waals surface area contributed by atoms with Gasteiger partial charge in [0.2, 0.25) is 0 Å². The van der Waals surface area contributed by atoms with Crippen LogP contribution in [-0.4, -0.2) is 43.7 Å². The van der Waals surface area contributed by atoms with Crippen LogP contribution in [0.25, 0.3) is 10.9 Å². The first-order valence-corrected chi connectivity index (χ1v) is 8.34. The summed E-state index contributed by atoms with van der Waals surface area (Å²) in [6.07, 6.45) is 4.58. The smallest absolute Gasteiger partial charge is 0.310 e. The average molecular weight is 342 g/mol. The third-order valence-electron chi connectivity index (χ3n) is 4.40. The molecule has 132 valence electrons. The fourth-order valence-corrected chi connectivity index (χ4v) is 3.05. The molecule has 0 saturated heterocycles. The molecule has 2 aromatic rings. The highest BCUT2D eigenvalue weighted by molar-refractivity contribution is 5.87. The van der Waals surface area contributed by atoms with Gasteiger partial charge in [0.15, 0.2) is 0 Å². The summed E-state index contributed by atoms with van der Waals surface area (Å²) in [7, 11) is 1.39. The van der Waals surface area contributed by atoms with E-state index in [1.54, 1.807) is 0 Å². The van der Waals surface area contributed by atoms with Gasteiger partial charge in [-0.2, -0.15) is 0 Å². The van der Waals surface area contributed by atoms with Crippen LogP contribution in [0.15, 0.2) is 42.1 Å². The van der Waals surface area contributed by atoms with Crippen molar-refractivity contribution in [3.63, 3.8) is 0 Å². The Bertz CT molecular complexity index is 794. The third-order valence-corrected chi connectivity index (χ3v) is 4.40. The SMILES string of the molecule is COC(=O)C1CNCC=C(COC(=O)Cc2c[nH]c3ccccc23)C1. The highest BCUT2D eigenvalue weighted by Gasteiger charge is 2.22. The molecular weight excluding hydrogens is 320 g/mol. The number of carbonyl (C=O) groups excluding carboxylic acids is 2. The Morgan fingerprint density at radius 1 is 1.28 bits per heavy atom. The molecule has 1 atom stereocenters. The molecule has 0 spiro atoms. The van der Waals surface area contributed by atoms with Gasteiger partial charge < -0.3 is 19.8 Å². The molecule has 1 aliphatic heterocycles. The van der Waals surface area contributed by atoms with Crippen molar-refractivity contribution in [1.29, 1.82) is 0 Å². The van der Waals surface area contributed by atoms with Crippen molar-refractivity contribution >= 4 is 22.8 Å². The van der Waals surface area contributed by atoms with Gasteiger partial charge in [-0.25, -0.2) is 0 Å². The predicted octanol–water partition coefficient (Wildman–Crippen LogP) is 1.96. The van der Waals surface area contributed by atoms with Crippen molar-refractivity contribution in [2.24, 2.45) is 5.92 Å². The summed E-state index contributed by atoms with van der Waals surface area (Å²) in [4.78, 5) is 27.1. The van der Waals surface area contributed by atoms with Crippen LogP contribution in [0.4, 0.5) is 0 Å². The number of hydrogen-bond donors (Lipinski definition) is 2. The monoisotopic (exact) mass is 342 g/mol. The summed E-state index contributed by atoms with van der Waals surface area (Å²) < 4.78 is 10.2. The fourth-order valence-electron chi connectivity index (χ4n) is 3.05. The summed E-state index contributed by atoms with van der Waals surface area (Å²) in [5.41, 5.74) is 2.86. The van der Waals surface area contributed by atoms with Crippen molar-refractivity contribution < 1.29 is 19.1 Å². The van der Waals surface area contributed by atoms with Gasteiger partial charge in [0, 0.05) is 30.2 Å². The number of esters is 2. The van der Waals surface area contributed by atoms with E-state index in [4.69, 9.17) is 9.47 Å². The van der Waals surface area contributed by atoms with Crippen molar-refractivity contribution in [3.8, 4) is 0 Å². The van der Waals surface area contributed by atoms with Gasteiger partial charge in [-0.05, 0) is 23.6 Å². The Morgan fingerprint density at radius 3 is 2.96 bits per heavy atom. The largest absolute Gasteiger partial charge is 0.469 e. The van der Waals surface area contributed by atoms with Crippen LogP contribution in [-0.2, 0) is 25.5 Å². The molecule has 6 heteroatoms. The number of rotatable bonds is 5. The van der Waals surface area contributed by atoms with Crippen LogP contribution in [0.1, 0.15) is 12.0 Å². The zero-order valence-electron chi connectivity index (χ0n) is 14.2. The molecular formula is C19H22N2O4. The van der Waals surface area contributed by atoms with Crippen LogP contribution in [0.5, 0.6) is 0 Å². The minimum absolute atomic E-state index is 0.205. The summed E-state index contributed by atoms with van der Waals surface area (Å²) in [6, 6.07) is 7.85. The summed E-state index contributed by atoms with van der Waals surface area (Å²) in [6.45, 7) is 1.43. The van der Waals surface area contributed by atoms with E-state index >= 15 is 0 Å². The van der Waals surface area contributed by atoms with Gasteiger partial charge in [-0.15, -0.1) is 0 Å². The number of H-pyrrole nitrogens is 1.